The number of guanidine groups is 1. The second-order valence-corrected chi connectivity index (χ2v) is 5.48. The van der Waals surface area contributed by atoms with Gasteiger partial charge in [-0.25, -0.2) is 4.99 Å². The molecule has 24 heavy (non-hydrogen) atoms. The SMILES string of the molecule is CCc1cccc(NC(=O)CN=C(N)Nc2cccc(CC)c2)c1. The lowest BCUT2D eigenvalue weighted by Gasteiger charge is -2.08. The summed E-state index contributed by atoms with van der Waals surface area (Å²) in [7, 11) is 0. The summed E-state index contributed by atoms with van der Waals surface area (Å²) in [6, 6.07) is 15.7. The zero-order chi connectivity index (χ0) is 17.4. The van der Waals surface area contributed by atoms with Gasteiger partial charge in [-0.05, 0) is 48.2 Å². The van der Waals surface area contributed by atoms with Crippen molar-refractivity contribution in [1.29, 1.82) is 0 Å². The first-order valence-electron chi connectivity index (χ1n) is 8.15. The van der Waals surface area contributed by atoms with Crippen molar-refractivity contribution in [3.8, 4) is 0 Å². The average Bonchev–Trinajstić information content (AvgIpc) is 2.60. The summed E-state index contributed by atoms with van der Waals surface area (Å²) in [6.45, 7) is 4.14. The summed E-state index contributed by atoms with van der Waals surface area (Å²) in [4.78, 5) is 16.1. The molecule has 4 N–H and O–H groups in total. The van der Waals surface area contributed by atoms with Crippen molar-refractivity contribution in [3.05, 3.63) is 59.7 Å². The molecule has 2 rings (SSSR count). The molecule has 0 aliphatic heterocycles. The van der Waals surface area contributed by atoms with E-state index in [1.807, 2.05) is 42.5 Å². The van der Waals surface area contributed by atoms with Gasteiger partial charge in [0, 0.05) is 11.4 Å². The number of aliphatic imine (C=N–C) groups is 1. The molecule has 0 aliphatic rings. The molecule has 0 saturated carbocycles. The van der Waals surface area contributed by atoms with E-state index in [0.717, 1.165) is 24.2 Å². The van der Waals surface area contributed by atoms with Gasteiger partial charge in [-0.15, -0.1) is 0 Å². The quantitative estimate of drug-likeness (QED) is 0.564. The third-order valence-corrected chi connectivity index (χ3v) is 3.62. The summed E-state index contributed by atoms with van der Waals surface area (Å²) in [5, 5.41) is 5.83. The number of carbonyl (C=O) groups is 1. The molecule has 0 atom stereocenters. The lowest BCUT2D eigenvalue weighted by molar-refractivity contribution is -0.114. The highest BCUT2D eigenvalue weighted by molar-refractivity contribution is 5.97. The van der Waals surface area contributed by atoms with Crippen molar-refractivity contribution in [2.75, 3.05) is 17.2 Å². The van der Waals surface area contributed by atoms with Gasteiger partial charge in [0.15, 0.2) is 5.96 Å². The van der Waals surface area contributed by atoms with Crippen LogP contribution in [0.25, 0.3) is 0 Å². The Morgan fingerprint density at radius 2 is 1.50 bits per heavy atom. The molecule has 2 aromatic rings. The maximum Gasteiger partial charge on any atom is 0.246 e. The summed E-state index contributed by atoms with van der Waals surface area (Å²) >= 11 is 0. The van der Waals surface area contributed by atoms with Crippen LogP contribution in [-0.2, 0) is 17.6 Å². The van der Waals surface area contributed by atoms with Crippen molar-refractivity contribution in [1.82, 2.24) is 0 Å². The predicted molar refractivity (Wildman–Crippen MR) is 100 cm³/mol. The van der Waals surface area contributed by atoms with Crippen LogP contribution >= 0.6 is 0 Å². The Bertz CT molecular complexity index is 725. The van der Waals surface area contributed by atoms with Crippen LogP contribution in [0.5, 0.6) is 0 Å². The Morgan fingerprint density at radius 1 is 0.958 bits per heavy atom. The normalized spacial score (nSPS) is 11.2. The first-order chi connectivity index (χ1) is 11.6. The summed E-state index contributed by atoms with van der Waals surface area (Å²) in [6.07, 6.45) is 1.88. The van der Waals surface area contributed by atoms with E-state index in [-0.39, 0.29) is 18.4 Å². The molecule has 1 amide bonds. The Labute approximate surface area is 143 Å². The van der Waals surface area contributed by atoms with Crippen LogP contribution < -0.4 is 16.4 Å². The molecule has 0 radical (unpaired) electrons. The Hall–Kier alpha value is -2.82. The molecule has 126 valence electrons. The van der Waals surface area contributed by atoms with E-state index in [9.17, 15) is 4.79 Å². The van der Waals surface area contributed by atoms with Gasteiger partial charge in [0.2, 0.25) is 5.91 Å². The maximum absolute atomic E-state index is 12.0. The zero-order valence-electron chi connectivity index (χ0n) is 14.2. The molecule has 0 fully saturated rings. The van der Waals surface area contributed by atoms with Crippen LogP contribution in [0.4, 0.5) is 11.4 Å². The van der Waals surface area contributed by atoms with E-state index in [1.165, 1.54) is 11.1 Å². The topological polar surface area (TPSA) is 79.5 Å². The van der Waals surface area contributed by atoms with E-state index in [0.29, 0.717) is 0 Å². The number of aryl methyl sites for hydroxylation is 2. The van der Waals surface area contributed by atoms with Crippen molar-refractivity contribution in [2.24, 2.45) is 10.7 Å². The lowest BCUT2D eigenvalue weighted by atomic mass is 10.1. The van der Waals surface area contributed by atoms with Gasteiger partial charge in [0.05, 0.1) is 0 Å². The molecule has 0 spiro atoms. The number of nitrogens with two attached hydrogens (primary N) is 1. The lowest BCUT2D eigenvalue weighted by Crippen LogP contribution is -2.25. The number of nitrogens with zero attached hydrogens (tertiary/aromatic N) is 1. The molecule has 5 heteroatoms. The highest BCUT2D eigenvalue weighted by atomic mass is 16.1. The number of benzene rings is 2. The summed E-state index contributed by atoms with van der Waals surface area (Å²) in [5.74, 6) is 0.0241. The molecule has 0 aromatic heterocycles. The third kappa shape index (κ3) is 5.43. The van der Waals surface area contributed by atoms with E-state index < -0.39 is 0 Å². The fraction of sp³-hybridized carbons (Fsp3) is 0.263. The number of amides is 1. The van der Waals surface area contributed by atoms with Crippen LogP contribution in [0.3, 0.4) is 0 Å². The average molecular weight is 324 g/mol. The van der Waals surface area contributed by atoms with E-state index >= 15 is 0 Å². The van der Waals surface area contributed by atoms with Crippen molar-refractivity contribution < 1.29 is 4.79 Å². The van der Waals surface area contributed by atoms with Gasteiger partial charge in [-0.3, -0.25) is 4.79 Å². The van der Waals surface area contributed by atoms with Crippen LogP contribution in [0, 0.1) is 0 Å². The highest BCUT2D eigenvalue weighted by Crippen LogP contribution is 2.12. The molecule has 2 aromatic carbocycles. The smallest absolute Gasteiger partial charge is 0.246 e. The van der Waals surface area contributed by atoms with Crippen LogP contribution in [0.15, 0.2) is 53.5 Å². The molecule has 0 heterocycles. The second kappa shape index (κ2) is 8.72. The third-order valence-electron chi connectivity index (χ3n) is 3.62. The van der Waals surface area contributed by atoms with Crippen molar-refractivity contribution >= 4 is 23.2 Å². The number of hydrogen-bond donors (Lipinski definition) is 3. The Kier molecular flexibility index (Phi) is 6.37. The molecule has 0 aliphatic carbocycles. The molecular formula is C19H24N4O. The number of carbonyl (C=O) groups excluding carboxylic acids is 1. The molecular weight excluding hydrogens is 300 g/mol. The summed E-state index contributed by atoms with van der Waals surface area (Å²) < 4.78 is 0. The highest BCUT2D eigenvalue weighted by Gasteiger charge is 2.03. The minimum absolute atomic E-state index is 0.0251. The van der Waals surface area contributed by atoms with E-state index in [1.54, 1.807) is 0 Å². The first kappa shape index (κ1) is 17.5. The minimum atomic E-state index is -0.199. The number of rotatable bonds is 6. The minimum Gasteiger partial charge on any atom is -0.370 e. The molecule has 0 unspecified atom stereocenters. The van der Waals surface area contributed by atoms with Gasteiger partial charge in [-0.1, -0.05) is 38.1 Å². The van der Waals surface area contributed by atoms with Crippen LogP contribution in [0.1, 0.15) is 25.0 Å². The van der Waals surface area contributed by atoms with Gasteiger partial charge in [0.25, 0.3) is 0 Å². The fourth-order valence-corrected chi connectivity index (χ4v) is 2.28. The molecule has 5 nitrogen and oxygen atoms in total. The van der Waals surface area contributed by atoms with Crippen LogP contribution in [-0.4, -0.2) is 18.4 Å². The van der Waals surface area contributed by atoms with Gasteiger partial charge in [-0.2, -0.15) is 0 Å². The number of hydrogen-bond acceptors (Lipinski definition) is 2. The van der Waals surface area contributed by atoms with Crippen LogP contribution in [0.2, 0.25) is 0 Å². The van der Waals surface area contributed by atoms with Gasteiger partial charge < -0.3 is 16.4 Å². The standard InChI is InChI=1S/C19H24N4O/c1-3-14-7-5-9-16(11-14)22-18(24)13-21-19(20)23-17-10-6-8-15(4-2)12-17/h5-12H,3-4,13H2,1-2H3,(H,22,24)(H3,20,21,23). The monoisotopic (exact) mass is 324 g/mol. The van der Waals surface area contributed by atoms with Crippen molar-refractivity contribution in [2.45, 2.75) is 26.7 Å². The largest absolute Gasteiger partial charge is 0.370 e. The van der Waals surface area contributed by atoms with E-state index in [2.05, 4.69) is 35.5 Å². The molecule has 0 bridgehead atoms. The second-order valence-electron chi connectivity index (χ2n) is 5.48. The zero-order valence-corrected chi connectivity index (χ0v) is 14.2. The fourth-order valence-electron chi connectivity index (χ4n) is 2.28. The summed E-state index contributed by atoms with van der Waals surface area (Å²) in [5.41, 5.74) is 9.87. The number of anilines is 2. The maximum atomic E-state index is 12.0. The predicted octanol–water partition coefficient (Wildman–Crippen LogP) is 3.18. The molecule has 0 saturated heterocycles. The number of nitrogens with one attached hydrogen (secondary N) is 2. The van der Waals surface area contributed by atoms with Gasteiger partial charge in [0.1, 0.15) is 6.54 Å². The van der Waals surface area contributed by atoms with Gasteiger partial charge >= 0.3 is 0 Å². The van der Waals surface area contributed by atoms with Crippen molar-refractivity contribution in [3.63, 3.8) is 0 Å². The Morgan fingerprint density at radius 3 is 2.04 bits per heavy atom. The Balaban J connectivity index is 1.90. The first-order valence-corrected chi connectivity index (χ1v) is 8.15. The van der Waals surface area contributed by atoms with E-state index in [4.69, 9.17) is 5.73 Å².